The van der Waals surface area contributed by atoms with Gasteiger partial charge in [-0.1, -0.05) is 45.4 Å². The molecule has 0 aliphatic rings. The minimum atomic E-state index is -0.0941. The van der Waals surface area contributed by atoms with Gasteiger partial charge < -0.3 is 9.30 Å². The molecule has 0 aliphatic heterocycles. The molecule has 22 heavy (non-hydrogen) atoms. The van der Waals surface area contributed by atoms with E-state index < -0.39 is 0 Å². The van der Waals surface area contributed by atoms with Gasteiger partial charge >= 0.3 is 0 Å². The van der Waals surface area contributed by atoms with Crippen molar-refractivity contribution in [2.24, 2.45) is 0 Å². The Balaban J connectivity index is 2.27. The van der Waals surface area contributed by atoms with Gasteiger partial charge in [-0.15, -0.1) is 0 Å². The summed E-state index contributed by atoms with van der Waals surface area (Å²) in [6.45, 7) is 3.40. The second-order valence-electron chi connectivity index (χ2n) is 5.60. The van der Waals surface area contributed by atoms with Crippen LogP contribution in [0.15, 0.2) is 23.1 Å². The highest BCUT2D eigenvalue weighted by Gasteiger charge is 2.04. The molecule has 1 aromatic heterocycles. The van der Waals surface area contributed by atoms with Crippen molar-refractivity contribution in [3.05, 3.63) is 28.7 Å². The van der Waals surface area contributed by atoms with Crippen LogP contribution in [0.5, 0.6) is 5.75 Å². The molecule has 0 N–H and O–H groups in total. The third-order valence-corrected chi connectivity index (χ3v) is 3.68. The second kappa shape index (κ2) is 11.9. The molecule has 0 spiro atoms. The monoisotopic (exact) mass is 304 g/mol. The molecule has 1 heterocycles. The average molecular weight is 304 g/mol. The van der Waals surface area contributed by atoms with Crippen molar-refractivity contribution in [3.63, 3.8) is 0 Å². The molecule has 0 fully saturated rings. The van der Waals surface area contributed by atoms with Gasteiger partial charge in [0.2, 0.25) is 0 Å². The summed E-state index contributed by atoms with van der Waals surface area (Å²) < 4.78 is 7.24. The maximum atomic E-state index is 12.2. The summed E-state index contributed by atoms with van der Waals surface area (Å²) in [5, 5.41) is 8.54. The van der Waals surface area contributed by atoms with Crippen LogP contribution in [0.3, 0.4) is 0 Å². The van der Waals surface area contributed by atoms with Crippen LogP contribution in [0.1, 0.15) is 64.7 Å². The van der Waals surface area contributed by atoms with Gasteiger partial charge in [0, 0.05) is 19.2 Å². The molecular weight excluding hydrogens is 276 g/mol. The Labute approximate surface area is 133 Å². The van der Waals surface area contributed by atoms with Crippen molar-refractivity contribution < 1.29 is 4.74 Å². The van der Waals surface area contributed by atoms with E-state index in [2.05, 4.69) is 13.0 Å². The lowest BCUT2D eigenvalue weighted by Crippen LogP contribution is -2.21. The van der Waals surface area contributed by atoms with Crippen LogP contribution in [0.2, 0.25) is 0 Å². The molecule has 4 heteroatoms. The Bertz CT molecular complexity index is 503. The Morgan fingerprint density at radius 3 is 2.59 bits per heavy atom. The normalized spacial score (nSPS) is 10.4. The second-order valence-corrected chi connectivity index (χ2v) is 5.60. The Morgan fingerprint density at radius 2 is 1.86 bits per heavy atom. The molecule has 0 atom stereocenters. The standard InChI is InChI=1S/C18H28N2O2/c1-2-3-4-5-6-7-10-16-22-17-12-11-15-20(18(17)21)14-9-8-13-19/h11-12,15H,2-10,14,16H2,1H3. The molecule has 0 saturated heterocycles. The number of ether oxygens (including phenoxy) is 1. The third kappa shape index (κ3) is 7.31. The first kappa shape index (κ1) is 18.3. The van der Waals surface area contributed by atoms with Crippen LogP contribution in [0, 0.1) is 11.3 Å². The van der Waals surface area contributed by atoms with Crippen molar-refractivity contribution in [1.29, 1.82) is 5.26 Å². The summed E-state index contributed by atoms with van der Waals surface area (Å²) in [6, 6.07) is 5.65. The first-order valence-electron chi connectivity index (χ1n) is 8.48. The molecular formula is C18H28N2O2. The summed E-state index contributed by atoms with van der Waals surface area (Å²) in [5.74, 6) is 0.422. The fourth-order valence-corrected chi connectivity index (χ4v) is 2.37. The van der Waals surface area contributed by atoms with Gasteiger partial charge in [-0.3, -0.25) is 4.79 Å². The number of aryl methyl sites for hydroxylation is 1. The first-order chi connectivity index (χ1) is 10.8. The number of unbranched alkanes of at least 4 members (excludes halogenated alkanes) is 7. The molecule has 122 valence electrons. The lowest BCUT2D eigenvalue weighted by Gasteiger charge is -2.09. The Hall–Kier alpha value is -1.76. The molecule has 0 radical (unpaired) electrons. The number of aromatic nitrogens is 1. The zero-order valence-electron chi connectivity index (χ0n) is 13.7. The van der Waals surface area contributed by atoms with Crippen molar-refractivity contribution in [3.8, 4) is 11.8 Å². The first-order valence-corrected chi connectivity index (χ1v) is 8.48. The Kier molecular flexibility index (Phi) is 9.85. The summed E-state index contributed by atoms with van der Waals surface area (Å²) in [4.78, 5) is 12.2. The van der Waals surface area contributed by atoms with Crippen molar-refractivity contribution in [2.75, 3.05) is 6.61 Å². The zero-order valence-corrected chi connectivity index (χ0v) is 13.7. The van der Waals surface area contributed by atoms with Gasteiger partial charge in [0.1, 0.15) is 0 Å². The topological polar surface area (TPSA) is 55.0 Å². The van der Waals surface area contributed by atoms with Crippen LogP contribution in [-0.4, -0.2) is 11.2 Å². The minimum Gasteiger partial charge on any atom is -0.488 e. The fraction of sp³-hybridized carbons (Fsp3) is 0.667. The average Bonchev–Trinajstić information content (AvgIpc) is 2.53. The maximum absolute atomic E-state index is 12.2. The van der Waals surface area contributed by atoms with E-state index in [-0.39, 0.29) is 5.56 Å². The predicted octanol–water partition coefficient (Wildman–Crippen LogP) is 4.28. The minimum absolute atomic E-state index is 0.0941. The fourth-order valence-electron chi connectivity index (χ4n) is 2.37. The van der Waals surface area contributed by atoms with Crippen LogP contribution in [0.4, 0.5) is 0 Å². The number of hydrogen-bond acceptors (Lipinski definition) is 3. The van der Waals surface area contributed by atoms with E-state index in [1.165, 1.54) is 32.1 Å². The van der Waals surface area contributed by atoms with Gasteiger partial charge in [-0.05, 0) is 25.0 Å². The number of rotatable bonds is 12. The number of nitrogens with zero attached hydrogens (tertiary/aromatic N) is 2. The van der Waals surface area contributed by atoms with Crippen molar-refractivity contribution in [2.45, 2.75) is 71.3 Å². The molecule has 0 amide bonds. The van der Waals surface area contributed by atoms with E-state index in [0.717, 1.165) is 12.8 Å². The molecule has 1 aromatic rings. The molecule has 0 aliphatic carbocycles. The van der Waals surface area contributed by atoms with Gasteiger partial charge in [0.25, 0.3) is 5.56 Å². The highest BCUT2D eigenvalue weighted by Crippen LogP contribution is 2.08. The molecule has 0 saturated carbocycles. The molecule has 1 rings (SSSR count). The summed E-state index contributed by atoms with van der Waals surface area (Å²) in [5.41, 5.74) is -0.0941. The van der Waals surface area contributed by atoms with E-state index >= 15 is 0 Å². The summed E-state index contributed by atoms with van der Waals surface area (Å²) >= 11 is 0. The maximum Gasteiger partial charge on any atom is 0.292 e. The van der Waals surface area contributed by atoms with E-state index in [4.69, 9.17) is 10.00 Å². The number of nitriles is 1. The molecule has 0 aromatic carbocycles. The quantitative estimate of drug-likeness (QED) is 0.541. The smallest absolute Gasteiger partial charge is 0.292 e. The van der Waals surface area contributed by atoms with Crippen molar-refractivity contribution >= 4 is 0 Å². The van der Waals surface area contributed by atoms with E-state index in [1.54, 1.807) is 16.8 Å². The lowest BCUT2D eigenvalue weighted by atomic mass is 10.1. The van der Waals surface area contributed by atoms with Gasteiger partial charge in [-0.25, -0.2) is 0 Å². The Morgan fingerprint density at radius 1 is 1.14 bits per heavy atom. The summed E-state index contributed by atoms with van der Waals surface area (Å²) in [6.07, 6.45) is 11.5. The largest absolute Gasteiger partial charge is 0.488 e. The van der Waals surface area contributed by atoms with Crippen molar-refractivity contribution in [1.82, 2.24) is 4.57 Å². The summed E-state index contributed by atoms with van der Waals surface area (Å²) in [7, 11) is 0. The zero-order chi connectivity index (χ0) is 16.0. The van der Waals surface area contributed by atoms with Crippen LogP contribution in [-0.2, 0) is 6.54 Å². The van der Waals surface area contributed by atoms with Gasteiger partial charge in [-0.2, -0.15) is 5.26 Å². The van der Waals surface area contributed by atoms with Crippen LogP contribution in [0.25, 0.3) is 0 Å². The number of pyridine rings is 1. The van der Waals surface area contributed by atoms with E-state index in [1.807, 2.05) is 6.07 Å². The van der Waals surface area contributed by atoms with Gasteiger partial charge in [0.15, 0.2) is 5.75 Å². The van der Waals surface area contributed by atoms with Gasteiger partial charge in [0.05, 0.1) is 12.7 Å². The van der Waals surface area contributed by atoms with Crippen LogP contribution < -0.4 is 10.3 Å². The predicted molar refractivity (Wildman–Crippen MR) is 89.0 cm³/mol. The SMILES string of the molecule is CCCCCCCCCOc1cccn(CCCC#N)c1=O. The molecule has 0 bridgehead atoms. The lowest BCUT2D eigenvalue weighted by molar-refractivity contribution is 0.297. The van der Waals surface area contributed by atoms with Crippen LogP contribution >= 0.6 is 0 Å². The van der Waals surface area contributed by atoms with E-state index in [0.29, 0.717) is 31.7 Å². The number of hydrogen-bond donors (Lipinski definition) is 0. The highest BCUT2D eigenvalue weighted by molar-refractivity contribution is 5.17. The molecule has 0 unspecified atom stereocenters. The third-order valence-electron chi connectivity index (χ3n) is 3.68. The van der Waals surface area contributed by atoms with E-state index in [9.17, 15) is 4.79 Å². The highest BCUT2D eigenvalue weighted by atomic mass is 16.5. The molecule has 4 nitrogen and oxygen atoms in total.